The van der Waals surface area contributed by atoms with Gasteiger partial charge in [0.2, 0.25) is 0 Å². The Kier molecular flexibility index (Phi) is 8.85. The number of guanidine groups is 1. The Balaban J connectivity index is 1.81. The maximum absolute atomic E-state index is 13.6. The van der Waals surface area contributed by atoms with Crippen LogP contribution in [0.25, 0.3) is 0 Å². The number of hydrogen-bond acceptors (Lipinski definition) is 4. The molecule has 0 saturated carbocycles. The van der Waals surface area contributed by atoms with Crippen LogP contribution >= 0.6 is 0 Å². The van der Waals surface area contributed by atoms with Gasteiger partial charge in [-0.15, -0.1) is 0 Å². The molecule has 162 valence electrons. The van der Waals surface area contributed by atoms with E-state index in [1.807, 2.05) is 6.92 Å². The molecule has 1 saturated heterocycles. The van der Waals surface area contributed by atoms with Gasteiger partial charge < -0.3 is 20.7 Å². The lowest BCUT2D eigenvalue weighted by atomic mass is 10.0. The summed E-state index contributed by atoms with van der Waals surface area (Å²) in [6.45, 7) is 13.7. The summed E-state index contributed by atoms with van der Waals surface area (Å²) in [5.74, 6) is 0.0470. The van der Waals surface area contributed by atoms with Crippen LogP contribution in [-0.4, -0.2) is 74.8 Å². The zero-order valence-corrected chi connectivity index (χ0v) is 18.0. The van der Waals surface area contributed by atoms with Crippen LogP contribution in [0.15, 0.2) is 23.2 Å². The monoisotopic (exact) mass is 407 g/mol. The van der Waals surface area contributed by atoms with Crippen molar-refractivity contribution in [3.05, 3.63) is 35.1 Å². The number of nitrogens with zero attached hydrogens (tertiary/aromatic N) is 2. The Bertz CT molecular complexity index is 702. The Labute approximate surface area is 173 Å². The Morgan fingerprint density at radius 1 is 1.21 bits per heavy atom. The summed E-state index contributed by atoms with van der Waals surface area (Å²) in [7, 11) is 0. The fourth-order valence-corrected chi connectivity index (χ4v) is 3.08. The van der Waals surface area contributed by atoms with E-state index in [0.29, 0.717) is 36.7 Å². The van der Waals surface area contributed by atoms with Crippen LogP contribution in [0.3, 0.4) is 0 Å². The minimum atomic E-state index is -0.375. The van der Waals surface area contributed by atoms with Gasteiger partial charge in [0.15, 0.2) is 5.96 Å². The minimum Gasteiger partial charge on any atom is -0.379 e. The number of rotatable bonds is 8. The molecule has 1 heterocycles. The van der Waals surface area contributed by atoms with Crippen molar-refractivity contribution in [1.82, 2.24) is 20.9 Å². The number of nitrogens with one attached hydrogen (secondary N) is 3. The van der Waals surface area contributed by atoms with Gasteiger partial charge in [-0.05, 0) is 45.4 Å². The highest BCUT2D eigenvalue weighted by atomic mass is 19.1. The number of morpholine rings is 1. The van der Waals surface area contributed by atoms with Gasteiger partial charge in [-0.3, -0.25) is 14.7 Å². The van der Waals surface area contributed by atoms with E-state index < -0.39 is 0 Å². The van der Waals surface area contributed by atoms with Crippen LogP contribution < -0.4 is 16.0 Å². The van der Waals surface area contributed by atoms with Crippen molar-refractivity contribution in [3.63, 3.8) is 0 Å². The van der Waals surface area contributed by atoms with Crippen LogP contribution in [0, 0.1) is 12.7 Å². The molecule has 1 fully saturated rings. The summed E-state index contributed by atoms with van der Waals surface area (Å²) in [4.78, 5) is 19.2. The number of carbonyl (C=O) groups is 1. The number of aliphatic imine (C=N–C) groups is 1. The molecule has 1 amide bonds. The molecule has 29 heavy (non-hydrogen) atoms. The van der Waals surface area contributed by atoms with Crippen molar-refractivity contribution in [1.29, 1.82) is 0 Å². The molecular formula is C21H34FN5O2. The van der Waals surface area contributed by atoms with Crippen molar-refractivity contribution in [3.8, 4) is 0 Å². The van der Waals surface area contributed by atoms with Crippen molar-refractivity contribution < 1.29 is 13.9 Å². The number of ether oxygens (including phenoxy) is 1. The molecule has 1 aliphatic heterocycles. The molecule has 3 N–H and O–H groups in total. The lowest BCUT2D eigenvalue weighted by molar-refractivity contribution is -0.00683. The number of aryl methyl sites for hydroxylation is 1. The van der Waals surface area contributed by atoms with Crippen LogP contribution in [-0.2, 0) is 4.74 Å². The molecule has 1 aromatic carbocycles. The quantitative estimate of drug-likeness (QED) is 0.346. The largest absolute Gasteiger partial charge is 0.379 e. The van der Waals surface area contributed by atoms with E-state index in [4.69, 9.17) is 9.73 Å². The molecule has 8 heteroatoms. The molecular weight excluding hydrogens is 373 g/mol. The molecule has 0 atom stereocenters. The molecule has 0 bridgehead atoms. The SMILES string of the molecule is CCNC(=NCC(C)(C)N1CCOCC1)NCCNC(=O)c1ccc(C)c(F)c1. The van der Waals surface area contributed by atoms with Gasteiger partial charge in [0.25, 0.3) is 5.91 Å². The van der Waals surface area contributed by atoms with Crippen LogP contribution in [0.2, 0.25) is 0 Å². The van der Waals surface area contributed by atoms with Gasteiger partial charge in [-0.25, -0.2) is 4.39 Å². The summed E-state index contributed by atoms with van der Waals surface area (Å²) >= 11 is 0. The predicted octanol–water partition coefficient (Wildman–Crippen LogP) is 1.53. The molecule has 7 nitrogen and oxygen atoms in total. The van der Waals surface area contributed by atoms with Crippen LogP contribution in [0.1, 0.15) is 36.7 Å². The first-order chi connectivity index (χ1) is 13.8. The van der Waals surface area contributed by atoms with Gasteiger partial charge in [0.05, 0.1) is 19.8 Å². The van der Waals surface area contributed by atoms with E-state index in [0.717, 1.165) is 32.8 Å². The molecule has 0 unspecified atom stereocenters. The lowest BCUT2D eigenvalue weighted by Gasteiger charge is -2.39. The first-order valence-electron chi connectivity index (χ1n) is 10.2. The number of halogens is 1. The van der Waals surface area contributed by atoms with Gasteiger partial charge in [-0.2, -0.15) is 0 Å². The zero-order chi connectivity index (χ0) is 21.3. The number of benzene rings is 1. The van der Waals surface area contributed by atoms with E-state index in [9.17, 15) is 9.18 Å². The summed E-state index contributed by atoms with van der Waals surface area (Å²) in [5, 5.41) is 9.25. The van der Waals surface area contributed by atoms with E-state index in [1.165, 1.54) is 6.07 Å². The second kappa shape index (κ2) is 11.1. The third-order valence-electron chi connectivity index (χ3n) is 4.97. The van der Waals surface area contributed by atoms with Gasteiger partial charge in [-0.1, -0.05) is 6.07 Å². The Hall–Kier alpha value is -2.19. The smallest absolute Gasteiger partial charge is 0.251 e. The van der Waals surface area contributed by atoms with E-state index in [-0.39, 0.29) is 17.3 Å². The fourth-order valence-electron chi connectivity index (χ4n) is 3.08. The second-order valence-electron chi connectivity index (χ2n) is 7.75. The maximum atomic E-state index is 13.6. The van der Waals surface area contributed by atoms with Gasteiger partial charge >= 0.3 is 0 Å². The summed E-state index contributed by atoms with van der Waals surface area (Å²) in [5.41, 5.74) is 0.784. The van der Waals surface area contributed by atoms with E-state index >= 15 is 0 Å². The van der Waals surface area contributed by atoms with Gasteiger partial charge in [0, 0.05) is 43.8 Å². The van der Waals surface area contributed by atoms with E-state index in [2.05, 4.69) is 34.7 Å². The molecule has 2 rings (SSSR count). The average molecular weight is 408 g/mol. The molecule has 1 aliphatic rings. The summed E-state index contributed by atoms with van der Waals surface area (Å²) < 4.78 is 19.0. The normalized spacial score (nSPS) is 15.8. The summed E-state index contributed by atoms with van der Waals surface area (Å²) in [6.07, 6.45) is 0. The van der Waals surface area contributed by atoms with Gasteiger partial charge in [0.1, 0.15) is 5.82 Å². The first-order valence-corrected chi connectivity index (χ1v) is 10.2. The standard InChI is InChI=1S/C21H34FN5O2/c1-5-23-20(26-15-21(3,4)27-10-12-29-13-11-27)25-9-8-24-19(28)17-7-6-16(2)18(22)14-17/h6-7,14H,5,8-13,15H2,1-4H3,(H,24,28)(H2,23,25,26). The maximum Gasteiger partial charge on any atom is 0.251 e. The molecule has 0 radical (unpaired) electrons. The minimum absolute atomic E-state index is 0.0597. The third-order valence-corrected chi connectivity index (χ3v) is 4.97. The van der Waals surface area contributed by atoms with Crippen LogP contribution in [0.4, 0.5) is 4.39 Å². The Morgan fingerprint density at radius 2 is 1.90 bits per heavy atom. The molecule has 0 spiro atoms. The highest BCUT2D eigenvalue weighted by molar-refractivity contribution is 5.94. The fraction of sp³-hybridized carbons (Fsp3) is 0.619. The number of amides is 1. The number of hydrogen-bond donors (Lipinski definition) is 3. The molecule has 0 aromatic heterocycles. The zero-order valence-electron chi connectivity index (χ0n) is 18.0. The topological polar surface area (TPSA) is 78.0 Å². The van der Waals surface area contributed by atoms with E-state index in [1.54, 1.807) is 19.1 Å². The van der Waals surface area contributed by atoms with Crippen molar-refractivity contribution in [2.75, 3.05) is 52.5 Å². The first kappa shape index (κ1) is 23.1. The second-order valence-corrected chi connectivity index (χ2v) is 7.75. The molecule has 1 aromatic rings. The highest BCUT2D eigenvalue weighted by Crippen LogP contribution is 2.16. The average Bonchev–Trinajstić information content (AvgIpc) is 2.71. The number of carbonyl (C=O) groups excluding carboxylic acids is 1. The summed E-state index contributed by atoms with van der Waals surface area (Å²) in [6, 6.07) is 4.49. The van der Waals surface area contributed by atoms with Crippen molar-refractivity contribution in [2.24, 2.45) is 4.99 Å². The van der Waals surface area contributed by atoms with Crippen molar-refractivity contribution in [2.45, 2.75) is 33.2 Å². The lowest BCUT2D eigenvalue weighted by Crippen LogP contribution is -2.52. The third kappa shape index (κ3) is 7.29. The molecule has 0 aliphatic carbocycles. The van der Waals surface area contributed by atoms with Crippen molar-refractivity contribution >= 4 is 11.9 Å². The van der Waals surface area contributed by atoms with Crippen LogP contribution in [0.5, 0.6) is 0 Å². The highest BCUT2D eigenvalue weighted by Gasteiger charge is 2.28. The Morgan fingerprint density at radius 3 is 2.55 bits per heavy atom. The predicted molar refractivity (Wildman–Crippen MR) is 114 cm³/mol.